The minimum absolute atomic E-state index is 0.383. The maximum absolute atomic E-state index is 5.77. The van der Waals surface area contributed by atoms with Gasteiger partial charge in [-0.2, -0.15) is 0 Å². The van der Waals surface area contributed by atoms with Crippen molar-refractivity contribution < 1.29 is 4.74 Å². The molecule has 162 valence electrons. The quantitative estimate of drug-likeness (QED) is 0.177. The molecule has 0 unspecified atom stereocenters. The molecule has 0 heterocycles. The van der Waals surface area contributed by atoms with Crippen LogP contribution in [-0.4, -0.2) is 12.4 Å². The first kappa shape index (κ1) is 21.4. The molecule has 2 heteroatoms. The van der Waals surface area contributed by atoms with Crippen LogP contribution >= 0.6 is 11.8 Å². The topological polar surface area (TPSA) is 9.23 Å². The molecule has 1 nitrogen and oxygen atoms in total. The summed E-state index contributed by atoms with van der Waals surface area (Å²) in [5.41, 5.74) is 7.34. The Kier molecular flexibility index (Phi) is 5.93. The standard InChI is InChI=1S/C31H26OS/c1-3-21-32-25-17-13-23(14-18-25)31(24-15-19-26(20-16-24)33-22-4-2)29-11-7-5-9-27(29)28-10-6-8-12-30(28)31/h3-20H,1-2,21-22H2. The minimum Gasteiger partial charge on any atom is -0.490 e. The maximum Gasteiger partial charge on any atom is 0.119 e. The van der Waals surface area contributed by atoms with Crippen LogP contribution in [0.4, 0.5) is 0 Å². The number of benzene rings is 4. The molecule has 0 radical (unpaired) electrons. The number of rotatable bonds is 8. The molecular formula is C31H26OS. The third kappa shape index (κ3) is 3.61. The highest BCUT2D eigenvalue weighted by atomic mass is 32.2. The Balaban J connectivity index is 1.74. The fourth-order valence-corrected chi connectivity index (χ4v) is 5.58. The van der Waals surface area contributed by atoms with E-state index in [2.05, 4.69) is 110 Å². The number of thioether (sulfide) groups is 1. The molecule has 33 heavy (non-hydrogen) atoms. The lowest BCUT2D eigenvalue weighted by molar-refractivity contribution is 0.363. The molecule has 0 atom stereocenters. The van der Waals surface area contributed by atoms with Gasteiger partial charge < -0.3 is 4.74 Å². The van der Waals surface area contributed by atoms with Gasteiger partial charge in [-0.25, -0.2) is 0 Å². The highest BCUT2D eigenvalue weighted by Crippen LogP contribution is 2.56. The van der Waals surface area contributed by atoms with E-state index >= 15 is 0 Å². The molecule has 4 aromatic carbocycles. The van der Waals surface area contributed by atoms with Crippen LogP contribution in [0.25, 0.3) is 11.1 Å². The van der Waals surface area contributed by atoms with Crippen molar-refractivity contribution >= 4 is 11.8 Å². The largest absolute Gasteiger partial charge is 0.490 e. The molecule has 4 aromatic rings. The molecule has 0 spiro atoms. The Morgan fingerprint density at radius 1 is 0.667 bits per heavy atom. The predicted molar refractivity (Wildman–Crippen MR) is 140 cm³/mol. The summed E-state index contributed by atoms with van der Waals surface area (Å²) in [6, 6.07) is 35.2. The highest BCUT2D eigenvalue weighted by Gasteiger charge is 2.45. The van der Waals surface area contributed by atoms with Crippen molar-refractivity contribution in [3.8, 4) is 16.9 Å². The van der Waals surface area contributed by atoms with Gasteiger partial charge in [0.1, 0.15) is 12.4 Å². The van der Waals surface area contributed by atoms with Crippen LogP contribution < -0.4 is 4.74 Å². The molecular weight excluding hydrogens is 420 g/mol. The van der Waals surface area contributed by atoms with Gasteiger partial charge in [-0.3, -0.25) is 0 Å². The van der Waals surface area contributed by atoms with Gasteiger partial charge in [0.25, 0.3) is 0 Å². The van der Waals surface area contributed by atoms with Gasteiger partial charge in [0.05, 0.1) is 5.41 Å². The smallest absolute Gasteiger partial charge is 0.119 e. The summed E-state index contributed by atoms with van der Waals surface area (Å²) in [7, 11) is 0. The second kappa shape index (κ2) is 9.17. The average Bonchev–Trinajstić information content (AvgIpc) is 3.18. The van der Waals surface area contributed by atoms with E-state index < -0.39 is 0 Å². The lowest BCUT2D eigenvalue weighted by Crippen LogP contribution is -2.28. The SMILES string of the molecule is C=CCOc1ccc(C2(c3ccc(SCC=C)cc3)c3ccccc3-c3ccccc32)cc1. The second-order valence-electron chi connectivity index (χ2n) is 8.09. The van der Waals surface area contributed by atoms with Crippen molar-refractivity contribution in [1.29, 1.82) is 0 Å². The molecule has 0 saturated heterocycles. The van der Waals surface area contributed by atoms with Crippen molar-refractivity contribution in [3.63, 3.8) is 0 Å². The first-order valence-corrected chi connectivity index (χ1v) is 12.2. The molecule has 0 fully saturated rings. The number of hydrogen-bond donors (Lipinski definition) is 0. The second-order valence-corrected chi connectivity index (χ2v) is 9.18. The van der Waals surface area contributed by atoms with Crippen molar-refractivity contribution in [2.75, 3.05) is 12.4 Å². The summed E-state index contributed by atoms with van der Waals surface area (Å²) >= 11 is 1.80. The van der Waals surface area contributed by atoms with E-state index in [-0.39, 0.29) is 5.41 Å². The highest BCUT2D eigenvalue weighted by molar-refractivity contribution is 7.99. The Morgan fingerprint density at radius 3 is 1.76 bits per heavy atom. The Labute approximate surface area is 200 Å². The first-order chi connectivity index (χ1) is 16.3. The van der Waals surface area contributed by atoms with E-state index in [0.29, 0.717) is 6.61 Å². The zero-order chi connectivity index (χ0) is 22.7. The van der Waals surface area contributed by atoms with Crippen molar-refractivity contribution in [1.82, 2.24) is 0 Å². The average molecular weight is 447 g/mol. The normalized spacial score (nSPS) is 13.1. The molecule has 0 amide bonds. The van der Waals surface area contributed by atoms with E-state index in [9.17, 15) is 0 Å². The lowest BCUT2D eigenvalue weighted by atomic mass is 9.68. The molecule has 0 bridgehead atoms. The molecule has 0 saturated carbocycles. The summed E-state index contributed by atoms with van der Waals surface area (Å²) in [6.07, 6.45) is 3.71. The summed E-state index contributed by atoms with van der Waals surface area (Å²) in [5.74, 6) is 1.76. The monoisotopic (exact) mass is 446 g/mol. The number of fused-ring (bicyclic) bond motifs is 3. The van der Waals surface area contributed by atoms with Gasteiger partial charge in [-0.05, 0) is 57.6 Å². The van der Waals surface area contributed by atoms with E-state index in [1.54, 1.807) is 17.8 Å². The molecule has 1 aliphatic rings. The van der Waals surface area contributed by atoms with Gasteiger partial charge in [-0.1, -0.05) is 91.5 Å². The molecule has 0 aliphatic heterocycles. The lowest BCUT2D eigenvalue weighted by Gasteiger charge is -2.34. The van der Waals surface area contributed by atoms with Crippen LogP contribution in [0.3, 0.4) is 0 Å². The third-order valence-corrected chi connectivity index (χ3v) is 7.27. The van der Waals surface area contributed by atoms with Gasteiger partial charge in [0.15, 0.2) is 0 Å². The van der Waals surface area contributed by atoms with E-state index in [0.717, 1.165) is 11.5 Å². The van der Waals surface area contributed by atoms with Crippen LogP contribution in [-0.2, 0) is 5.41 Å². The molecule has 5 rings (SSSR count). The first-order valence-electron chi connectivity index (χ1n) is 11.2. The predicted octanol–water partition coefficient (Wildman–Crippen LogP) is 7.89. The molecule has 0 N–H and O–H groups in total. The van der Waals surface area contributed by atoms with Crippen LogP contribution in [0.15, 0.2) is 127 Å². The number of ether oxygens (including phenoxy) is 1. The van der Waals surface area contributed by atoms with Crippen LogP contribution in [0.2, 0.25) is 0 Å². The minimum atomic E-state index is -0.383. The van der Waals surface area contributed by atoms with Gasteiger partial charge in [0.2, 0.25) is 0 Å². The molecule has 1 aliphatic carbocycles. The Bertz CT molecular complexity index is 1180. The van der Waals surface area contributed by atoms with Crippen molar-refractivity contribution in [2.45, 2.75) is 10.3 Å². The van der Waals surface area contributed by atoms with Crippen LogP contribution in [0.1, 0.15) is 22.3 Å². The van der Waals surface area contributed by atoms with Gasteiger partial charge >= 0.3 is 0 Å². The molecule has 0 aromatic heterocycles. The maximum atomic E-state index is 5.77. The Morgan fingerprint density at radius 2 is 1.21 bits per heavy atom. The zero-order valence-corrected chi connectivity index (χ0v) is 19.4. The van der Waals surface area contributed by atoms with E-state index in [1.807, 2.05) is 6.08 Å². The summed E-state index contributed by atoms with van der Waals surface area (Å²) in [5, 5.41) is 0. The fourth-order valence-electron chi connectivity index (χ4n) is 4.94. The summed E-state index contributed by atoms with van der Waals surface area (Å²) in [4.78, 5) is 1.25. The van der Waals surface area contributed by atoms with Crippen molar-refractivity contribution in [2.24, 2.45) is 0 Å². The van der Waals surface area contributed by atoms with Gasteiger partial charge in [0, 0.05) is 10.6 Å². The summed E-state index contributed by atoms with van der Waals surface area (Å²) in [6.45, 7) is 8.10. The summed E-state index contributed by atoms with van der Waals surface area (Å²) < 4.78 is 5.77. The van der Waals surface area contributed by atoms with Crippen LogP contribution in [0, 0.1) is 0 Å². The van der Waals surface area contributed by atoms with E-state index in [4.69, 9.17) is 4.74 Å². The third-order valence-electron chi connectivity index (χ3n) is 6.26. The fraction of sp³-hybridized carbons (Fsp3) is 0.0968. The van der Waals surface area contributed by atoms with Crippen molar-refractivity contribution in [3.05, 3.63) is 145 Å². The number of hydrogen-bond acceptors (Lipinski definition) is 2. The van der Waals surface area contributed by atoms with Crippen LogP contribution in [0.5, 0.6) is 5.75 Å². The van der Waals surface area contributed by atoms with E-state index in [1.165, 1.54) is 38.3 Å². The Hall–Kier alpha value is -3.49. The zero-order valence-electron chi connectivity index (χ0n) is 18.5. The van der Waals surface area contributed by atoms with Gasteiger partial charge in [-0.15, -0.1) is 18.3 Å².